The average Bonchev–Trinajstić information content (AvgIpc) is 2.99. The Bertz CT molecular complexity index is 527. The molecule has 2 aromatic rings. The molecule has 0 saturated carbocycles. The fraction of sp³-hybridized carbons (Fsp3) is 0.385. The third-order valence-corrected chi connectivity index (χ3v) is 4.64. The predicted octanol–water partition coefficient (Wildman–Crippen LogP) is 2.93. The first kappa shape index (κ1) is 11.5. The summed E-state index contributed by atoms with van der Waals surface area (Å²) in [5.74, 6) is 0. The van der Waals surface area contributed by atoms with Gasteiger partial charge in [-0.3, -0.25) is 0 Å². The Morgan fingerprint density at radius 2 is 2.06 bits per heavy atom. The number of thiol groups is 2. The molecule has 1 aliphatic heterocycles. The molecular formula is C13H16N2S2. The number of fused-ring (bicyclic) bond motifs is 1. The summed E-state index contributed by atoms with van der Waals surface area (Å²) < 4.78 is -0.421. The van der Waals surface area contributed by atoms with Gasteiger partial charge in [-0.15, -0.1) is 0 Å². The van der Waals surface area contributed by atoms with Gasteiger partial charge in [-0.05, 0) is 25.5 Å². The Balaban J connectivity index is 2.07. The molecule has 0 amide bonds. The number of hydrogen-bond acceptors (Lipinski definition) is 3. The van der Waals surface area contributed by atoms with Crippen LogP contribution in [0.15, 0.2) is 30.5 Å². The molecule has 1 fully saturated rings. The lowest BCUT2D eigenvalue weighted by Gasteiger charge is -2.29. The summed E-state index contributed by atoms with van der Waals surface area (Å²) in [4.78, 5) is 3.29. The van der Waals surface area contributed by atoms with Crippen LogP contribution < -0.4 is 5.32 Å². The Morgan fingerprint density at radius 1 is 1.24 bits per heavy atom. The number of nitrogens with one attached hydrogen (secondary N) is 2. The molecule has 0 radical (unpaired) electrons. The van der Waals surface area contributed by atoms with Crippen molar-refractivity contribution in [2.75, 3.05) is 6.54 Å². The van der Waals surface area contributed by atoms with Crippen LogP contribution in [0.25, 0.3) is 10.9 Å². The van der Waals surface area contributed by atoms with Crippen molar-refractivity contribution in [3.8, 4) is 0 Å². The lowest BCUT2D eigenvalue weighted by atomic mass is 10.0. The number of hydrogen-bond donors (Lipinski definition) is 4. The van der Waals surface area contributed by atoms with E-state index in [0.717, 1.165) is 18.5 Å². The zero-order valence-corrected chi connectivity index (χ0v) is 11.3. The van der Waals surface area contributed by atoms with Crippen molar-refractivity contribution in [1.82, 2.24) is 10.3 Å². The highest BCUT2D eigenvalue weighted by Gasteiger charge is 2.36. The SMILES string of the molecule is SC(S)(c1c[nH]c2ccccc12)[C@H]1CCCN1. The smallest absolute Gasteiger partial charge is 0.0977 e. The van der Waals surface area contributed by atoms with E-state index in [4.69, 9.17) is 25.3 Å². The van der Waals surface area contributed by atoms with Crippen molar-refractivity contribution in [3.63, 3.8) is 0 Å². The predicted molar refractivity (Wildman–Crippen MR) is 79.0 cm³/mol. The third-order valence-electron chi connectivity index (χ3n) is 3.53. The van der Waals surface area contributed by atoms with Gasteiger partial charge >= 0.3 is 0 Å². The molecule has 2 nitrogen and oxygen atoms in total. The summed E-state index contributed by atoms with van der Waals surface area (Å²) in [6.45, 7) is 1.07. The highest BCUT2D eigenvalue weighted by molar-refractivity contribution is 7.99. The van der Waals surface area contributed by atoms with E-state index in [9.17, 15) is 0 Å². The van der Waals surface area contributed by atoms with Gasteiger partial charge in [-0.25, -0.2) is 0 Å². The molecule has 1 saturated heterocycles. The van der Waals surface area contributed by atoms with Gasteiger partial charge in [0.15, 0.2) is 0 Å². The van der Waals surface area contributed by atoms with Crippen molar-refractivity contribution in [3.05, 3.63) is 36.0 Å². The van der Waals surface area contributed by atoms with Gasteiger partial charge < -0.3 is 10.3 Å². The van der Waals surface area contributed by atoms with Gasteiger partial charge in [-0.1, -0.05) is 18.2 Å². The van der Waals surface area contributed by atoms with Crippen LogP contribution in [0.2, 0.25) is 0 Å². The number of H-pyrrole nitrogens is 1. The van der Waals surface area contributed by atoms with Crippen LogP contribution in [-0.4, -0.2) is 17.6 Å². The molecule has 0 unspecified atom stereocenters. The van der Waals surface area contributed by atoms with E-state index in [1.54, 1.807) is 0 Å². The second kappa shape index (κ2) is 4.26. The minimum atomic E-state index is -0.421. The number of rotatable bonds is 2. The monoisotopic (exact) mass is 264 g/mol. The van der Waals surface area contributed by atoms with Crippen molar-refractivity contribution < 1.29 is 0 Å². The first-order valence-electron chi connectivity index (χ1n) is 5.94. The first-order chi connectivity index (χ1) is 8.19. The van der Waals surface area contributed by atoms with E-state index in [-0.39, 0.29) is 0 Å². The van der Waals surface area contributed by atoms with Crippen LogP contribution in [0, 0.1) is 0 Å². The largest absolute Gasteiger partial charge is 0.361 e. The quantitative estimate of drug-likeness (QED) is 0.487. The fourth-order valence-electron chi connectivity index (χ4n) is 2.59. The van der Waals surface area contributed by atoms with Gasteiger partial charge in [0, 0.05) is 28.7 Å². The van der Waals surface area contributed by atoms with Crippen molar-refractivity contribution in [2.45, 2.75) is 23.0 Å². The third kappa shape index (κ3) is 1.88. The molecule has 3 rings (SSSR count). The second-order valence-corrected chi connectivity index (χ2v) is 6.39. The Morgan fingerprint density at radius 3 is 2.82 bits per heavy atom. The van der Waals surface area contributed by atoms with Crippen LogP contribution in [0.1, 0.15) is 18.4 Å². The summed E-state index contributed by atoms with van der Waals surface area (Å²) in [5, 5.41) is 4.70. The number of para-hydroxylation sites is 1. The van der Waals surface area contributed by atoms with E-state index >= 15 is 0 Å². The lowest BCUT2D eigenvalue weighted by Crippen LogP contribution is -2.37. The van der Waals surface area contributed by atoms with Gasteiger partial charge in [0.1, 0.15) is 0 Å². The molecule has 1 aromatic carbocycles. The van der Waals surface area contributed by atoms with Crippen molar-refractivity contribution in [2.24, 2.45) is 0 Å². The van der Waals surface area contributed by atoms with Crippen molar-refractivity contribution >= 4 is 36.2 Å². The summed E-state index contributed by atoms with van der Waals surface area (Å²) in [6, 6.07) is 8.62. The minimum Gasteiger partial charge on any atom is -0.361 e. The summed E-state index contributed by atoms with van der Waals surface area (Å²) >= 11 is 9.59. The topological polar surface area (TPSA) is 27.8 Å². The fourth-order valence-corrected chi connectivity index (χ4v) is 3.40. The molecule has 1 atom stereocenters. The van der Waals surface area contributed by atoms with Crippen LogP contribution >= 0.6 is 25.3 Å². The number of aromatic nitrogens is 1. The molecule has 2 N–H and O–H groups in total. The number of benzene rings is 1. The molecule has 90 valence electrons. The average molecular weight is 264 g/mol. The normalized spacial score (nSPS) is 21.2. The van der Waals surface area contributed by atoms with E-state index in [1.165, 1.54) is 17.4 Å². The van der Waals surface area contributed by atoms with E-state index in [0.29, 0.717) is 6.04 Å². The maximum atomic E-state index is 4.80. The van der Waals surface area contributed by atoms with E-state index in [1.807, 2.05) is 12.3 Å². The van der Waals surface area contributed by atoms with E-state index < -0.39 is 4.08 Å². The van der Waals surface area contributed by atoms with Gasteiger partial charge in [0.05, 0.1) is 4.08 Å². The summed E-state index contributed by atoms with van der Waals surface area (Å²) in [5.41, 5.74) is 2.31. The van der Waals surface area contributed by atoms with Crippen LogP contribution in [-0.2, 0) is 4.08 Å². The summed E-state index contributed by atoms with van der Waals surface area (Å²) in [6.07, 6.45) is 4.37. The maximum absolute atomic E-state index is 4.80. The zero-order valence-electron chi connectivity index (χ0n) is 9.48. The van der Waals surface area contributed by atoms with Gasteiger partial charge in [0.25, 0.3) is 0 Å². The molecule has 0 bridgehead atoms. The molecular weight excluding hydrogens is 248 g/mol. The highest BCUT2D eigenvalue weighted by Crippen LogP contribution is 2.42. The first-order valence-corrected chi connectivity index (χ1v) is 6.84. The molecule has 2 heterocycles. The molecule has 1 aromatic heterocycles. The Labute approximate surface area is 112 Å². The van der Waals surface area contributed by atoms with Crippen LogP contribution in [0.3, 0.4) is 0 Å². The second-order valence-electron chi connectivity index (χ2n) is 4.62. The van der Waals surface area contributed by atoms with Crippen LogP contribution in [0.4, 0.5) is 0 Å². The summed E-state index contributed by atoms with van der Waals surface area (Å²) in [7, 11) is 0. The van der Waals surface area contributed by atoms with Gasteiger partial charge in [-0.2, -0.15) is 25.3 Å². The van der Waals surface area contributed by atoms with Crippen molar-refractivity contribution in [1.29, 1.82) is 0 Å². The molecule has 4 heteroatoms. The number of aromatic amines is 1. The van der Waals surface area contributed by atoms with Crippen LogP contribution in [0.5, 0.6) is 0 Å². The Kier molecular flexibility index (Phi) is 2.89. The maximum Gasteiger partial charge on any atom is 0.0977 e. The van der Waals surface area contributed by atoms with Gasteiger partial charge in [0.2, 0.25) is 0 Å². The molecule has 0 aliphatic carbocycles. The standard InChI is InChI=1S/C13H16N2S2/c16-13(17,12-6-3-7-14-12)10-8-15-11-5-2-1-4-9(10)11/h1-2,4-5,8,12,14-17H,3,6-7H2/t12-/m1/s1. The Hall–Kier alpha value is -0.580. The lowest BCUT2D eigenvalue weighted by molar-refractivity contribution is 0.568. The highest BCUT2D eigenvalue weighted by atomic mass is 32.2. The molecule has 0 spiro atoms. The minimum absolute atomic E-state index is 0.327. The van der Waals surface area contributed by atoms with E-state index in [2.05, 4.69) is 28.5 Å². The molecule has 1 aliphatic rings. The zero-order chi connectivity index (χ0) is 11.9. The molecule has 17 heavy (non-hydrogen) atoms.